The monoisotopic (exact) mass is 471 g/mol. The second-order valence-electron chi connectivity index (χ2n) is 7.99. The van der Waals surface area contributed by atoms with Gasteiger partial charge in [0.05, 0.1) is 5.69 Å². The van der Waals surface area contributed by atoms with Gasteiger partial charge >= 0.3 is 0 Å². The van der Waals surface area contributed by atoms with Gasteiger partial charge in [-0.3, -0.25) is 4.99 Å². The van der Waals surface area contributed by atoms with Crippen LogP contribution in [-0.2, 0) is 19.4 Å². The summed E-state index contributed by atoms with van der Waals surface area (Å²) in [6, 6.07) is 0. The molecule has 3 heterocycles. The number of likely N-dealkylation sites (tertiary alicyclic amines) is 1. The van der Waals surface area contributed by atoms with E-state index in [-0.39, 0.29) is 24.0 Å². The number of imidazole rings is 1. The molecular formula is C20H34IN5. The van der Waals surface area contributed by atoms with Gasteiger partial charge in [0.1, 0.15) is 5.82 Å². The molecule has 26 heavy (non-hydrogen) atoms. The quantitative estimate of drug-likeness (QED) is 0.416. The van der Waals surface area contributed by atoms with E-state index in [0.717, 1.165) is 50.3 Å². The average molecular weight is 471 g/mol. The first-order valence-electron chi connectivity index (χ1n) is 10.4. The summed E-state index contributed by atoms with van der Waals surface area (Å²) in [6.07, 6.45) is 12.6. The first-order valence-corrected chi connectivity index (χ1v) is 10.4. The standard InChI is InChI=1S/C20H33N5.HI/c1-2-21-20(25-13-16-7-3-4-8-17(16)14-25)22-11-10-18-15-24-12-6-5-9-19(24)23-18;/h15-17H,2-14H2,1H3,(H,21,22);1H. The molecule has 0 spiro atoms. The second kappa shape index (κ2) is 9.42. The fourth-order valence-corrected chi connectivity index (χ4v) is 4.87. The summed E-state index contributed by atoms with van der Waals surface area (Å²) in [5.74, 6) is 4.21. The van der Waals surface area contributed by atoms with Crippen molar-refractivity contribution in [3.63, 3.8) is 0 Å². The predicted molar refractivity (Wildman–Crippen MR) is 117 cm³/mol. The van der Waals surface area contributed by atoms with E-state index >= 15 is 0 Å². The third-order valence-corrected chi connectivity index (χ3v) is 6.20. The molecular weight excluding hydrogens is 437 g/mol. The summed E-state index contributed by atoms with van der Waals surface area (Å²) < 4.78 is 2.35. The van der Waals surface area contributed by atoms with Gasteiger partial charge in [-0.15, -0.1) is 24.0 Å². The van der Waals surface area contributed by atoms with Gasteiger partial charge in [-0.05, 0) is 44.4 Å². The van der Waals surface area contributed by atoms with Gasteiger partial charge < -0.3 is 14.8 Å². The van der Waals surface area contributed by atoms with Crippen molar-refractivity contribution in [2.75, 3.05) is 26.2 Å². The molecule has 0 bridgehead atoms. The van der Waals surface area contributed by atoms with Crippen LogP contribution in [0.15, 0.2) is 11.2 Å². The Morgan fingerprint density at radius 3 is 2.65 bits per heavy atom. The van der Waals surface area contributed by atoms with Crippen molar-refractivity contribution >= 4 is 29.9 Å². The zero-order valence-corrected chi connectivity index (χ0v) is 18.5. The maximum absolute atomic E-state index is 4.94. The van der Waals surface area contributed by atoms with E-state index in [9.17, 15) is 0 Å². The lowest BCUT2D eigenvalue weighted by Crippen LogP contribution is -2.40. The molecule has 1 saturated carbocycles. The van der Waals surface area contributed by atoms with E-state index in [4.69, 9.17) is 9.98 Å². The van der Waals surface area contributed by atoms with Crippen molar-refractivity contribution < 1.29 is 0 Å². The van der Waals surface area contributed by atoms with Crippen LogP contribution in [0, 0.1) is 11.8 Å². The Balaban J connectivity index is 0.00000196. The van der Waals surface area contributed by atoms with Crippen LogP contribution in [0.2, 0.25) is 0 Å². The number of aromatic nitrogens is 2. The maximum Gasteiger partial charge on any atom is 0.193 e. The van der Waals surface area contributed by atoms with Crippen molar-refractivity contribution in [3.05, 3.63) is 17.7 Å². The van der Waals surface area contributed by atoms with E-state index in [1.165, 1.54) is 63.1 Å². The fourth-order valence-electron chi connectivity index (χ4n) is 4.87. The summed E-state index contributed by atoms with van der Waals surface area (Å²) in [4.78, 5) is 12.3. The minimum Gasteiger partial charge on any atom is -0.357 e. The van der Waals surface area contributed by atoms with E-state index < -0.39 is 0 Å². The molecule has 0 amide bonds. The number of nitrogens with one attached hydrogen (secondary N) is 1. The van der Waals surface area contributed by atoms with Crippen molar-refractivity contribution in [2.24, 2.45) is 16.8 Å². The largest absolute Gasteiger partial charge is 0.357 e. The molecule has 0 aromatic carbocycles. The fraction of sp³-hybridized carbons (Fsp3) is 0.800. The Morgan fingerprint density at radius 2 is 1.96 bits per heavy atom. The Bertz CT molecular complexity index is 574. The number of hydrogen-bond donors (Lipinski definition) is 1. The van der Waals surface area contributed by atoms with Gasteiger partial charge in [0.25, 0.3) is 0 Å². The summed E-state index contributed by atoms with van der Waals surface area (Å²) >= 11 is 0. The number of hydrogen-bond acceptors (Lipinski definition) is 2. The Kier molecular flexibility index (Phi) is 7.23. The van der Waals surface area contributed by atoms with Gasteiger partial charge in [-0.1, -0.05) is 12.8 Å². The maximum atomic E-state index is 4.94. The summed E-state index contributed by atoms with van der Waals surface area (Å²) in [5.41, 5.74) is 1.21. The highest BCUT2D eigenvalue weighted by molar-refractivity contribution is 14.0. The zero-order chi connectivity index (χ0) is 17.1. The van der Waals surface area contributed by atoms with Crippen LogP contribution in [0.1, 0.15) is 57.0 Å². The van der Waals surface area contributed by atoms with Crippen LogP contribution in [0.5, 0.6) is 0 Å². The number of halogens is 1. The zero-order valence-electron chi connectivity index (χ0n) is 16.1. The first-order chi connectivity index (χ1) is 12.3. The number of rotatable bonds is 4. The lowest BCUT2D eigenvalue weighted by Gasteiger charge is -2.22. The Morgan fingerprint density at radius 1 is 1.19 bits per heavy atom. The molecule has 1 N–H and O–H groups in total. The van der Waals surface area contributed by atoms with Gasteiger partial charge in [0.2, 0.25) is 0 Å². The van der Waals surface area contributed by atoms with Crippen molar-refractivity contribution in [1.82, 2.24) is 19.8 Å². The summed E-state index contributed by atoms with van der Waals surface area (Å²) in [5, 5.41) is 3.52. The van der Waals surface area contributed by atoms with Gasteiger partial charge in [-0.25, -0.2) is 4.98 Å². The lowest BCUT2D eigenvalue weighted by molar-refractivity contribution is 0.299. The minimum atomic E-state index is 0. The first kappa shape index (κ1) is 20.0. The van der Waals surface area contributed by atoms with Crippen LogP contribution in [0.4, 0.5) is 0 Å². The number of aliphatic imine (C=N–C) groups is 1. The van der Waals surface area contributed by atoms with Gasteiger partial charge in [0.15, 0.2) is 5.96 Å². The molecule has 2 atom stereocenters. The van der Waals surface area contributed by atoms with E-state index in [1.807, 2.05) is 0 Å². The van der Waals surface area contributed by atoms with Crippen LogP contribution >= 0.6 is 24.0 Å². The lowest BCUT2D eigenvalue weighted by atomic mass is 9.82. The molecule has 1 saturated heterocycles. The molecule has 2 aliphatic heterocycles. The van der Waals surface area contributed by atoms with Crippen LogP contribution in [0.3, 0.4) is 0 Å². The average Bonchev–Trinajstić information content (AvgIpc) is 3.24. The highest BCUT2D eigenvalue weighted by atomic mass is 127. The van der Waals surface area contributed by atoms with E-state index in [2.05, 4.69) is 27.9 Å². The Hall–Kier alpha value is -0.790. The number of aryl methyl sites for hydroxylation is 2. The minimum absolute atomic E-state index is 0. The van der Waals surface area contributed by atoms with Gasteiger partial charge in [0, 0.05) is 51.8 Å². The van der Waals surface area contributed by atoms with Crippen LogP contribution in [0.25, 0.3) is 0 Å². The SMILES string of the molecule is CCNC(=NCCc1cn2c(n1)CCCC2)N1CC2CCCCC2C1.I. The summed E-state index contributed by atoms with van der Waals surface area (Å²) in [7, 11) is 0. The molecule has 1 aliphatic carbocycles. The molecule has 2 unspecified atom stereocenters. The number of nitrogens with zero attached hydrogens (tertiary/aromatic N) is 4. The van der Waals surface area contributed by atoms with Crippen LogP contribution in [-0.4, -0.2) is 46.6 Å². The number of fused-ring (bicyclic) bond motifs is 2. The Labute approximate surface area is 175 Å². The third-order valence-electron chi connectivity index (χ3n) is 6.20. The molecule has 6 heteroatoms. The molecule has 146 valence electrons. The third kappa shape index (κ3) is 4.54. The molecule has 1 aromatic heterocycles. The molecule has 2 fully saturated rings. The van der Waals surface area contributed by atoms with Crippen LogP contribution < -0.4 is 5.32 Å². The van der Waals surface area contributed by atoms with Crippen molar-refractivity contribution in [3.8, 4) is 0 Å². The second-order valence-corrected chi connectivity index (χ2v) is 7.99. The number of guanidine groups is 1. The summed E-state index contributed by atoms with van der Waals surface area (Å²) in [6.45, 7) is 7.51. The van der Waals surface area contributed by atoms with E-state index in [1.54, 1.807) is 0 Å². The molecule has 1 aromatic rings. The van der Waals surface area contributed by atoms with Gasteiger partial charge in [-0.2, -0.15) is 0 Å². The van der Waals surface area contributed by atoms with E-state index in [0.29, 0.717) is 0 Å². The smallest absolute Gasteiger partial charge is 0.193 e. The molecule has 3 aliphatic rings. The normalized spacial score (nSPS) is 25.4. The highest BCUT2D eigenvalue weighted by Crippen LogP contribution is 2.35. The molecule has 0 radical (unpaired) electrons. The van der Waals surface area contributed by atoms with Crippen molar-refractivity contribution in [1.29, 1.82) is 0 Å². The predicted octanol–water partition coefficient (Wildman–Crippen LogP) is 3.47. The molecule has 5 nitrogen and oxygen atoms in total. The highest BCUT2D eigenvalue weighted by Gasteiger charge is 2.35. The molecule has 4 rings (SSSR count). The topological polar surface area (TPSA) is 45.5 Å². The van der Waals surface area contributed by atoms with Crippen molar-refractivity contribution in [2.45, 2.75) is 64.8 Å².